The number of hydrogen-bond donors (Lipinski definition) is 2. The number of carboxylic acid groups (broad SMARTS) is 1. The van der Waals surface area contributed by atoms with Crippen molar-refractivity contribution in [2.75, 3.05) is 5.75 Å². The molecule has 0 atom stereocenters. The number of rotatable bonds is 4. The van der Waals surface area contributed by atoms with E-state index in [4.69, 9.17) is 5.11 Å². The van der Waals surface area contributed by atoms with Crippen LogP contribution < -0.4 is 5.32 Å². The van der Waals surface area contributed by atoms with Gasteiger partial charge in [-0.2, -0.15) is 0 Å². The lowest BCUT2D eigenvalue weighted by Gasteiger charge is -2.08. The molecule has 15 heavy (non-hydrogen) atoms. The van der Waals surface area contributed by atoms with Crippen LogP contribution in [0.3, 0.4) is 0 Å². The summed E-state index contributed by atoms with van der Waals surface area (Å²) < 4.78 is 24.1. The van der Waals surface area contributed by atoms with Gasteiger partial charge < -0.3 is 10.4 Å². The van der Waals surface area contributed by atoms with Crippen molar-refractivity contribution in [2.45, 2.75) is 13.5 Å². The predicted molar refractivity (Wildman–Crippen MR) is 54.2 cm³/mol. The quantitative estimate of drug-likeness (QED) is 0.789. The van der Waals surface area contributed by atoms with Crippen molar-refractivity contribution < 1.29 is 18.3 Å². The van der Waals surface area contributed by atoms with Crippen molar-refractivity contribution in [2.24, 2.45) is 0 Å². The van der Waals surface area contributed by atoms with E-state index >= 15 is 0 Å². The van der Waals surface area contributed by atoms with Crippen LogP contribution >= 0.6 is 0 Å². The third-order valence-electron chi connectivity index (χ3n) is 1.88. The van der Waals surface area contributed by atoms with Crippen molar-refractivity contribution in [3.05, 3.63) is 24.0 Å². The van der Waals surface area contributed by atoms with Crippen LogP contribution in [0.25, 0.3) is 0 Å². The van der Waals surface area contributed by atoms with E-state index in [0.717, 1.165) is 3.97 Å². The number of carbonyl (C=O) groups is 1. The molecule has 0 bridgehead atoms. The van der Waals surface area contributed by atoms with Crippen molar-refractivity contribution in [3.8, 4) is 0 Å². The largest absolute Gasteiger partial charge is 0.465 e. The van der Waals surface area contributed by atoms with Crippen LogP contribution in [0.5, 0.6) is 0 Å². The fourth-order valence-electron chi connectivity index (χ4n) is 1.11. The van der Waals surface area contributed by atoms with Gasteiger partial charge in [0.1, 0.15) is 0 Å². The van der Waals surface area contributed by atoms with Gasteiger partial charge in [0, 0.05) is 6.20 Å². The van der Waals surface area contributed by atoms with Crippen molar-refractivity contribution in [1.82, 2.24) is 9.29 Å². The summed E-state index contributed by atoms with van der Waals surface area (Å²) in [5.41, 5.74) is 0.402. The van der Waals surface area contributed by atoms with Gasteiger partial charge in [-0.15, -0.1) is 0 Å². The molecule has 1 rings (SSSR count). The minimum atomic E-state index is -3.35. The fourth-order valence-corrected chi connectivity index (χ4v) is 2.13. The molecule has 0 saturated heterocycles. The molecular formula is C8H12N2O4S. The lowest BCUT2D eigenvalue weighted by Crippen LogP contribution is -2.24. The van der Waals surface area contributed by atoms with Crippen LogP contribution in [0.4, 0.5) is 4.79 Å². The number of amides is 1. The fraction of sp³-hybridized carbons (Fsp3) is 0.375. The molecule has 0 fully saturated rings. The van der Waals surface area contributed by atoms with Crippen LogP contribution in [-0.4, -0.2) is 29.3 Å². The van der Waals surface area contributed by atoms with Gasteiger partial charge in [0.2, 0.25) is 10.0 Å². The Hall–Kier alpha value is -1.50. The van der Waals surface area contributed by atoms with Gasteiger partial charge >= 0.3 is 6.09 Å². The zero-order chi connectivity index (χ0) is 11.5. The first-order valence-corrected chi connectivity index (χ1v) is 5.94. The molecule has 0 unspecified atom stereocenters. The van der Waals surface area contributed by atoms with Gasteiger partial charge in [-0.25, -0.2) is 17.2 Å². The van der Waals surface area contributed by atoms with E-state index in [1.54, 1.807) is 12.1 Å². The summed E-state index contributed by atoms with van der Waals surface area (Å²) in [5, 5.41) is 10.5. The normalized spacial score (nSPS) is 11.3. The molecule has 0 spiro atoms. The molecule has 0 aliphatic carbocycles. The van der Waals surface area contributed by atoms with Gasteiger partial charge in [0.15, 0.2) is 0 Å². The lowest BCUT2D eigenvalue weighted by molar-refractivity contribution is 0.193. The second-order valence-corrected chi connectivity index (χ2v) is 4.99. The van der Waals surface area contributed by atoms with Crippen LogP contribution in [-0.2, 0) is 16.6 Å². The van der Waals surface area contributed by atoms with Gasteiger partial charge in [0.25, 0.3) is 0 Å². The Kier molecular flexibility index (Phi) is 3.35. The molecule has 1 aromatic rings. The molecule has 1 aromatic heterocycles. The highest BCUT2D eigenvalue weighted by Gasteiger charge is 2.13. The standard InChI is InChI=1S/C8H12N2O4S/c1-2-15(13,14)10-5-3-4-7(10)6-9-8(11)12/h3-5,9H,2,6H2,1H3,(H,11,12). The van der Waals surface area contributed by atoms with E-state index in [1.807, 2.05) is 0 Å². The molecule has 1 amide bonds. The number of aromatic nitrogens is 1. The van der Waals surface area contributed by atoms with Crippen LogP contribution in [0.2, 0.25) is 0 Å². The van der Waals surface area contributed by atoms with Crippen LogP contribution in [0.1, 0.15) is 12.6 Å². The number of nitrogens with one attached hydrogen (secondary N) is 1. The van der Waals surface area contributed by atoms with Crippen molar-refractivity contribution >= 4 is 16.1 Å². The van der Waals surface area contributed by atoms with Crippen molar-refractivity contribution in [1.29, 1.82) is 0 Å². The summed E-state index contributed by atoms with van der Waals surface area (Å²) in [5.74, 6) is -0.0260. The molecule has 0 aliphatic rings. The lowest BCUT2D eigenvalue weighted by atomic mass is 10.4. The maximum absolute atomic E-state index is 11.5. The smallest absolute Gasteiger partial charge is 0.404 e. The summed E-state index contributed by atoms with van der Waals surface area (Å²) in [4.78, 5) is 10.3. The second-order valence-electron chi connectivity index (χ2n) is 2.85. The molecular weight excluding hydrogens is 220 g/mol. The molecule has 0 aromatic carbocycles. The average Bonchev–Trinajstić information content (AvgIpc) is 2.63. The highest BCUT2D eigenvalue weighted by molar-refractivity contribution is 7.89. The van der Waals surface area contributed by atoms with Gasteiger partial charge in [0.05, 0.1) is 18.0 Å². The van der Waals surface area contributed by atoms with E-state index in [0.29, 0.717) is 5.69 Å². The first-order chi connectivity index (χ1) is 6.97. The predicted octanol–water partition coefficient (Wildman–Crippen LogP) is 0.454. The molecule has 2 N–H and O–H groups in total. The molecule has 84 valence electrons. The SMILES string of the molecule is CCS(=O)(=O)n1cccc1CNC(=O)O. The van der Waals surface area contributed by atoms with E-state index in [1.165, 1.54) is 13.1 Å². The third-order valence-corrected chi connectivity index (χ3v) is 3.56. The third kappa shape index (κ3) is 2.72. The van der Waals surface area contributed by atoms with E-state index in [9.17, 15) is 13.2 Å². The summed E-state index contributed by atoms with van der Waals surface area (Å²) in [7, 11) is -3.35. The Morgan fingerprint density at radius 1 is 1.60 bits per heavy atom. The highest BCUT2D eigenvalue weighted by atomic mass is 32.2. The molecule has 0 saturated carbocycles. The Morgan fingerprint density at radius 3 is 2.80 bits per heavy atom. The van der Waals surface area contributed by atoms with Gasteiger partial charge in [-0.1, -0.05) is 0 Å². The van der Waals surface area contributed by atoms with Gasteiger partial charge in [-0.3, -0.25) is 0 Å². The number of nitrogens with zero attached hydrogens (tertiary/aromatic N) is 1. The minimum Gasteiger partial charge on any atom is -0.465 e. The molecule has 7 heteroatoms. The topological polar surface area (TPSA) is 88.4 Å². The first kappa shape index (κ1) is 11.6. The number of hydrogen-bond acceptors (Lipinski definition) is 3. The molecule has 1 heterocycles. The Morgan fingerprint density at radius 2 is 2.27 bits per heavy atom. The maximum Gasteiger partial charge on any atom is 0.404 e. The highest BCUT2D eigenvalue weighted by Crippen LogP contribution is 2.06. The maximum atomic E-state index is 11.5. The molecule has 0 aliphatic heterocycles. The first-order valence-electron chi connectivity index (χ1n) is 4.33. The van der Waals surface area contributed by atoms with E-state index < -0.39 is 16.1 Å². The minimum absolute atomic E-state index is 0.0260. The van der Waals surface area contributed by atoms with E-state index in [2.05, 4.69) is 5.32 Å². The summed E-state index contributed by atoms with van der Waals surface area (Å²) in [6, 6.07) is 3.12. The molecule has 0 radical (unpaired) electrons. The summed E-state index contributed by atoms with van der Waals surface area (Å²) in [6.07, 6.45) is 0.217. The Balaban J connectivity index is 2.92. The Labute approximate surface area is 87.6 Å². The van der Waals surface area contributed by atoms with Crippen LogP contribution in [0.15, 0.2) is 18.3 Å². The molecule has 6 nitrogen and oxygen atoms in total. The average molecular weight is 232 g/mol. The van der Waals surface area contributed by atoms with E-state index in [-0.39, 0.29) is 12.3 Å². The Bertz CT molecular complexity index is 449. The van der Waals surface area contributed by atoms with Crippen molar-refractivity contribution in [3.63, 3.8) is 0 Å². The van der Waals surface area contributed by atoms with Gasteiger partial charge in [-0.05, 0) is 19.1 Å². The second kappa shape index (κ2) is 4.35. The zero-order valence-corrected chi connectivity index (χ0v) is 8.99. The zero-order valence-electron chi connectivity index (χ0n) is 8.17. The summed E-state index contributed by atoms with van der Waals surface area (Å²) >= 11 is 0. The van der Waals surface area contributed by atoms with Crippen LogP contribution in [0, 0.1) is 0 Å². The monoisotopic (exact) mass is 232 g/mol. The summed E-state index contributed by atoms with van der Waals surface area (Å²) in [6.45, 7) is 1.51.